The van der Waals surface area contributed by atoms with E-state index in [1.807, 2.05) is 18.2 Å². The van der Waals surface area contributed by atoms with Crippen molar-refractivity contribution in [3.05, 3.63) is 36.6 Å². The van der Waals surface area contributed by atoms with Crippen molar-refractivity contribution in [1.82, 2.24) is 10.6 Å². The largest absolute Gasteiger partial charge is 0.445 e. The van der Waals surface area contributed by atoms with E-state index < -0.39 is 6.09 Å². The Bertz CT molecular complexity index is 295. The van der Waals surface area contributed by atoms with Crippen LogP contribution in [0.4, 0.5) is 4.79 Å². The second-order valence-corrected chi connectivity index (χ2v) is 3.18. The van der Waals surface area contributed by atoms with Crippen molar-refractivity contribution in [1.29, 1.82) is 0 Å². The van der Waals surface area contributed by atoms with Crippen LogP contribution in [0.25, 0.3) is 0 Å². The lowest BCUT2D eigenvalue weighted by Gasteiger charge is -2.16. The van der Waals surface area contributed by atoms with Crippen molar-refractivity contribution in [2.24, 2.45) is 0 Å². The molecule has 1 rings (SSSR count). The monoisotopic (exact) mass is 208 g/mol. The summed E-state index contributed by atoms with van der Waals surface area (Å²) in [7, 11) is 1.54. The molecule has 1 amide bonds. The Morgan fingerprint density at radius 2 is 2.60 bits per heavy atom. The van der Waals surface area contributed by atoms with Gasteiger partial charge in [0.2, 0.25) is 0 Å². The number of alkyl carbamates (subject to hydrolysis) is 1. The van der Waals surface area contributed by atoms with Crippen LogP contribution in [-0.4, -0.2) is 25.8 Å². The van der Waals surface area contributed by atoms with Crippen LogP contribution in [0.2, 0.25) is 0 Å². The molecule has 2 N–H and O–H groups in total. The fraction of sp³-hybridized carbons (Fsp3) is 0.364. The van der Waals surface area contributed by atoms with Crippen molar-refractivity contribution in [3.8, 4) is 0 Å². The summed E-state index contributed by atoms with van der Waals surface area (Å²) in [6, 6.07) is 0.297. The van der Waals surface area contributed by atoms with Crippen LogP contribution in [-0.2, 0) is 4.74 Å². The molecule has 1 aliphatic carbocycles. The molecular weight excluding hydrogens is 192 g/mol. The zero-order chi connectivity index (χ0) is 11.1. The number of rotatable bonds is 4. The summed E-state index contributed by atoms with van der Waals surface area (Å²) in [6.07, 6.45) is 8.18. The molecule has 0 radical (unpaired) electrons. The third kappa shape index (κ3) is 3.89. The van der Waals surface area contributed by atoms with Crippen LogP contribution < -0.4 is 10.6 Å². The van der Waals surface area contributed by atoms with Crippen LogP contribution in [0.15, 0.2) is 36.6 Å². The SMILES string of the molecule is C=CNC1C=CC(COC(=O)NC)=CC1. The Kier molecular flexibility index (Phi) is 4.47. The number of ether oxygens (including phenoxy) is 1. The number of hydrogen-bond acceptors (Lipinski definition) is 3. The first-order valence-electron chi connectivity index (χ1n) is 4.85. The van der Waals surface area contributed by atoms with Crippen molar-refractivity contribution < 1.29 is 9.53 Å². The van der Waals surface area contributed by atoms with Crippen LogP contribution >= 0.6 is 0 Å². The Morgan fingerprint density at radius 1 is 1.80 bits per heavy atom. The van der Waals surface area contributed by atoms with E-state index in [1.165, 1.54) is 7.05 Å². The van der Waals surface area contributed by atoms with E-state index in [-0.39, 0.29) is 0 Å². The first-order valence-corrected chi connectivity index (χ1v) is 4.85. The summed E-state index contributed by atoms with van der Waals surface area (Å²) in [5, 5.41) is 5.49. The molecule has 0 heterocycles. The van der Waals surface area contributed by atoms with E-state index >= 15 is 0 Å². The molecule has 0 aliphatic heterocycles. The first-order chi connectivity index (χ1) is 7.26. The standard InChI is InChI=1S/C11H16N2O2/c1-3-13-10-6-4-9(5-7-10)8-15-11(14)12-2/h3-6,10,13H,1,7-8H2,2H3,(H,12,14). The van der Waals surface area contributed by atoms with Gasteiger partial charge in [-0.3, -0.25) is 0 Å². The molecule has 1 aliphatic rings. The van der Waals surface area contributed by atoms with Gasteiger partial charge >= 0.3 is 6.09 Å². The van der Waals surface area contributed by atoms with Gasteiger partial charge in [-0.2, -0.15) is 0 Å². The summed E-state index contributed by atoms with van der Waals surface area (Å²) < 4.78 is 4.92. The zero-order valence-electron chi connectivity index (χ0n) is 8.82. The van der Waals surface area contributed by atoms with Gasteiger partial charge in [-0.1, -0.05) is 24.8 Å². The molecule has 0 bridgehead atoms. The smallest absolute Gasteiger partial charge is 0.407 e. The molecule has 82 valence electrons. The number of nitrogens with one attached hydrogen (secondary N) is 2. The zero-order valence-corrected chi connectivity index (χ0v) is 8.82. The van der Waals surface area contributed by atoms with E-state index in [1.54, 1.807) is 6.20 Å². The van der Waals surface area contributed by atoms with Gasteiger partial charge in [0.15, 0.2) is 0 Å². The van der Waals surface area contributed by atoms with Crippen LogP contribution in [0.3, 0.4) is 0 Å². The predicted octanol–water partition coefficient (Wildman–Crippen LogP) is 1.33. The van der Waals surface area contributed by atoms with Gasteiger partial charge in [0, 0.05) is 13.1 Å². The summed E-state index contributed by atoms with van der Waals surface area (Å²) in [4.78, 5) is 10.8. The number of carbonyl (C=O) groups is 1. The predicted molar refractivity (Wildman–Crippen MR) is 59.4 cm³/mol. The molecule has 0 aromatic carbocycles. The normalized spacial score (nSPS) is 19.0. The average Bonchev–Trinajstić information content (AvgIpc) is 2.28. The summed E-state index contributed by atoms with van der Waals surface area (Å²) in [5.74, 6) is 0. The molecule has 0 fully saturated rings. The van der Waals surface area contributed by atoms with Crippen LogP contribution in [0, 0.1) is 0 Å². The minimum atomic E-state index is -0.407. The van der Waals surface area contributed by atoms with Crippen LogP contribution in [0.1, 0.15) is 6.42 Å². The highest BCUT2D eigenvalue weighted by atomic mass is 16.5. The van der Waals surface area contributed by atoms with Gasteiger partial charge in [-0.25, -0.2) is 4.79 Å². The molecule has 0 saturated heterocycles. The Morgan fingerprint density at radius 3 is 3.13 bits per heavy atom. The third-order valence-electron chi connectivity index (χ3n) is 2.08. The first kappa shape index (κ1) is 11.4. The van der Waals surface area contributed by atoms with E-state index in [0.717, 1.165) is 12.0 Å². The molecule has 0 aromatic rings. The van der Waals surface area contributed by atoms with Crippen molar-refractivity contribution >= 4 is 6.09 Å². The van der Waals surface area contributed by atoms with Crippen molar-refractivity contribution in [2.75, 3.05) is 13.7 Å². The minimum Gasteiger partial charge on any atom is -0.445 e. The lowest BCUT2D eigenvalue weighted by molar-refractivity contribution is 0.158. The maximum Gasteiger partial charge on any atom is 0.407 e. The second-order valence-electron chi connectivity index (χ2n) is 3.18. The summed E-state index contributed by atoms with van der Waals surface area (Å²) >= 11 is 0. The maximum atomic E-state index is 10.8. The van der Waals surface area contributed by atoms with Crippen molar-refractivity contribution in [2.45, 2.75) is 12.5 Å². The molecule has 15 heavy (non-hydrogen) atoms. The van der Waals surface area contributed by atoms with Crippen LogP contribution in [0.5, 0.6) is 0 Å². The summed E-state index contributed by atoms with van der Waals surface area (Å²) in [6.45, 7) is 3.92. The molecule has 1 atom stereocenters. The molecule has 0 aromatic heterocycles. The topological polar surface area (TPSA) is 50.4 Å². The lowest BCUT2D eigenvalue weighted by Crippen LogP contribution is -2.24. The fourth-order valence-corrected chi connectivity index (χ4v) is 1.27. The molecule has 4 nitrogen and oxygen atoms in total. The Balaban J connectivity index is 2.32. The average molecular weight is 208 g/mol. The van der Waals surface area contributed by atoms with E-state index in [0.29, 0.717) is 12.6 Å². The number of hydrogen-bond donors (Lipinski definition) is 2. The highest BCUT2D eigenvalue weighted by molar-refractivity contribution is 5.66. The Hall–Kier alpha value is -1.71. The van der Waals surface area contributed by atoms with E-state index in [9.17, 15) is 4.79 Å². The van der Waals surface area contributed by atoms with E-state index in [4.69, 9.17) is 4.74 Å². The van der Waals surface area contributed by atoms with Crippen molar-refractivity contribution in [3.63, 3.8) is 0 Å². The molecular formula is C11H16N2O2. The van der Waals surface area contributed by atoms with E-state index in [2.05, 4.69) is 17.2 Å². The minimum absolute atomic E-state index is 0.297. The summed E-state index contributed by atoms with van der Waals surface area (Å²) in [5.41, 5.74) is 1.01. The maximum absolute atomic E-state index is 10.8. The van der Waals surface area contributed by atoms with Gasteiger partial charge in [0.25, 0.3) is 0 Å². The molecule has 1 unspecified atom stereocenters. The molecule has 0 saturated carbocycles. The number of amides is 1. The van der Waals surface area contributed by atoms with Gasteiger partial charge < -0.3 is 15.4 Å². The van der Waals surface area contributed by atoms with Gasteiger partial charge in [0.05, 0.1) is 0 Å². The third-order valence-corrected chi connectivity index (χ3v) is 2.08. The quantitative estimate of drug-likeness (QED) is 0.732. The van der Waals surface area contributed by atoms with Gasteiger partial charge in [-0.15, -0.1) is 0 Å². The lowest BCUT2D eigenvalue weighted by atomic mass is 10.0. The molecule has 0 spiro atoms. The Labute approximate surface area is 89.7 Å². The van der Waals surface area contributed by atoms with Gasteiger partial charge in [0.1, 0.15) is 6.61 Å². The highest BCUT2D eigenvalue weighted by Crippen LogP contribution is 2.10. The molecule has 4 heteroatoms. The number of carbonyl (C=O) groups excluding carboxylic acids is 1. The second kappa shape index (κ2) is 5.90. The fourth-order valence-electron chi connectivity index (χ4n) is 1.27. The van der Waals surface area contributed by atoms with Gasteiger partial charge in [-0.05, 0) is 18.2 Å². The highest BCUT2D eigenvalue weighted by Gasteiger charge is 2.07.